The number of aromatic nitrogens is 2. The average Bonchev–Trinajstić information content (AvgIpc) is 2.88. The first-order chi connectivity index (χ1) is 7.64. The van der Waals surface area contributed by atoms with Crippen LogP contribution in [-0.4, -0.2) is 36.6 Å². The van der Waals surface area contributed by atoms with E-state index in [1.54, 1.807) is 7.11 Å². The summed E-state index contributed by atoms with van der Waals surface area (Å²) in [5.41, 5.74) is 5.49. The predicted molar refractivity (Wildman–Crippen MR) is 55.8 cm³/mol. The second kappa shape index (κ2) is 4.48. The second-order valence-corrected chi connectivity index (χ2v) is 4.22. The van der Waals surface area contributed by atoms with Crippen molar-refractivity contribution in [3.63, 3.8) is 0 Å². The largest absolute Gasteiger partial charge is 0.381 e. The first-order valence-electron chi connectivity index (χ1n) is 5.36. The van der Waals surface area contributed by atoms with Crippen molar-refractivity contribution in [1.29, 1.82) is 0 Å². The fourth-order valence-electron chi connectivity index (χ4n) is 1.63. The van der Waals surface area contributed by atoms with Crippen LogP contribution < -0.4 is 5.73 Å². The third-order valence-electron chi connectivity index (χ3n) is 2.82. The van der Waals surface area contributed by atoms with E-state index in [1.807, 2.05) is 6.92 Å². The molecule has 1 saturated heterocycles. The van der Waals surface area contributed by atoms with Gasteiger partial charge in [0.15, 0.2) is 5.82 Å². The third kappa shape index (κ3) is 2.23. The standard InChI is InChI=1S/C10H17N3O3/c1-7(14-2)5-8-12-9(16-13-8)10(11)3-4-15-6-10/h7H,3-6,11H2,1-2H3. The molecule has 2 atom stereocenters. The van der Waals surface area contributed by atoms with Crippen LogP contribution in [0.15, 0.2) is 4.52 Å². The van der Waals surface area contributed by atoms with Crippen molar-refractivity contribution in [2.45, 2.75) is 31.4 Å². The maximum Gasteiger partial charge on any atom is 0.249 e. The molecule has 2 heterocycles. The Morgan fingerprint density at radius 1 is 1.62 bits per heavy atom. The lowest BCUT2D eigenvalue weighted by atomic mass is 10.0. The summed E-state index contributed by atoms with van der Waals surface area (Å²) in [5.74, 6) is 1.09. The van der Waals surface area contributed by atoms with Crippen LogP contribution in [0.4, 0.5) is 0 Å². The summed E-state index contributed by atoms with van der Waals surface area (Å²) in [4.78, 5) is 4.29. The molecule has 1 aliphatic heterocycles. The summed E-state index contributed by atoms with van der Waals surface area (Å²) in [6.07, 6.45) is 1.41. The fraction of sp³-hybridized carbons (Fsp3) is 0.800. The molecule has 0 aliphatic carbocycles. The predicted octanol–water partition coefficient (Wildman–Crippen LogP) is 0.221. The van der Waals surface area contributed by atoms with Gasteiger partial charge in [0.2, 0.25) is 5.89 Å². The molecule has 0 aromatic carbocycles. The molecule has 6 nitrogen and oxygen atoms in total. The number of methoxy groups -OCH3 is 1. The summed E-state index contributed by atoms with van der Waals surface area (Å²) in [6.45, 7) is 3.03. The van der Waals surface area contributed by atoms with Gasteiger partial charge in [-0.05, 0) is 13.3 Å². The molecular formula is C10H17N3O3. The van der Waals surface area contributed by atoms with Crippen LogP contribution in [0.5, 0.6) is 0 Å². The molecule has 0 bridgehead atoms. The molecule has 6 heteroatoms. The van der Waals surface area contributed by atoms with Gasteiger partial charge in [0.25, 0.3) is 0 Å². The number of hydrogen-bond acceptors (Lipinski definition) is 6. The van der Waals surface area contributed by atoms with Crippen LogP contribution in [0.2, 0.25) is 0 Å². The van der Waals surface area contributed by atoms with Crippen molar-refractivity contribution in [2.24, 2.45) is 5.73 Å². The van der Waals surface area contributed by atoms with Crippen molar-refractivity contribution in [1.82, 2.24) is 10.1 Å². The van der Waals surface area contributed by atoms with Gasteiger partial charge in [0.1, 0.15) is 5.54 Å². The maximum absolute atomic E-state index is 6.10. The van der Waals surface area contributed by atoms with Crippen LogP contribution in [0.25, 0.3) is 0 Å². The first-order valence-corrected chi connectivity index (χ1v) is 5.36. The zero-order valence-electron chi connectivity index (χ0n) is 9.60. The Hall–Kier alpha value is -0.980. The summed E-state index contributed by atoms with van der Waals surface area (Å²) >= 11 is 0. The van der Waals surface area contributed by atoms with Crippen LogP contribution in [0, 0.1) is 0 Å². The number of nitrogens with two attached hydrogens (primary N) is 1. The normalized spacial score (nSPS) is 27.2. The van der Waals surface area contributed by atoms with E-state index in [0.29, 0.717) is 37.8 Å². The molecule has 0 amide bonds. The van der Waals surface area contributed by atoms with Crippen LogP contribution >= 0.6 is 0 Å². The molecule has 1 aromatic rings. The van der Waals surface area contributed by atoms with Gasteiger partial charge < -0.3 is 19.7 Å². The second-order valence-electron chi connectivity index (χ2n) is 4.22. The molecule has 2 N–H and O–H groups in total. The van der Waals surface area contributed by atoms with Crippen molar-refractivity contribution in [3.05, 3.63) is 11.7 Å². The monoisotopic (exact) mass is 227 g/mol. The molecule has 1 aromatic heterocycles. The molecule has 0 saturated carbocycles. The quantitative estimate of drug-likeness (QED) is 0.792. The van der Waals surface area contributed by atoms with Gasteiger partial charge >= 0.3 is 0 Å². The van der Waals surface area contributed by atoms with Crippen LogP contribution in [0.3, 0.4) is 0 Å². The van der Waals surface area contributed by atoms with Gasteiger partial charge in [-0.2, -0.15) is 4.98 Å². The number of ether oxygens (including phenoxy) is 2. The number of rotatable bonds is 4. The Morgan fingerprint density at radius 2 is 2.44 bits per heavy atom. The highest BCUT2D eigenvalue weighted by Crippen LogP contribution is 2.26. The van der Waals surface area contributed by atoms with Gasteiger partial charge in [0, 0.05) is 20.1 Å². The van der Waals surface area contributed by atoms with E-state index >= 15 is 0 Å². The number of hydrogen-bond donors (Lipinski definition) is 1. The van der Waals surface area contributed by atoms with E-state index in [4.69, 9.17) is 19.7 Å². The Bertz CT molecular complexity index is 347. The topological polar surface area (TPSA) is 83.4 Å². The van der Waals surface area contributed by atoms with Gasteiger partial charge in [-0.3, -0.25) is 0 Å². The lowest BCUT2D eigenvalue weighted by molar-refractivity contribution is 0.116. The molecule has 2 unspecified atom stereocenters. The van der Waals surface area contributed by atoms with E-state index in [0.717, 1.165) is 0 Å². The number of nitrogens with zero attached hydrogens (tertiary/aromatic N) is 2. The zero-order valence-corrected chi connectivity index (χ0v) is 9.60. The fourth-order valence-corrected chi connectivity index (χ4v) is 1.63. The van der Waals surface area contributed by atoms with Gasteiger partial charge in [-0.25, -0.2) is 0 Å². The molecule has 16 heavy (non-hydrogen) atoms. The minimum Gasteiger partial charge on any atom is -0.381 e. The lowest BCUT2D eigenvalue weighted by Crippen LogP contribution is -2.37. The molecule has 0 spiro atoms. The van der Waals surface area contributed by atoms with E-state index < -0.39 is 5.54 Å². The van der Waals surface area contributed by atoms with E-state index in [9.17, 15) is 0 Å². The van der Waals surface area contributed by atoms with E-state index in [-0.39, 0.29) is 6.10 Å². The van der Waals surface area contributed by atoms with Crippen LogP contribution in [-0.2, 0) is 21.4 Å². The Labute approximate surface area is 94.1 Å². The van der Waals surface area contributed by atoms with Gasteiger partial charge in [0.05, 0.1) is 12.7 Å². The van der Waals surface area contributed by atoms with Crippen molar-refractivity contribution in [3.8, 4) is 0 Å². The molecule has 0 radical (unpaired) electrons. The van der Waals surface area contributed by atoms with Crippen LogP contribution in [0.1, 0.15) is 25.1 Å². The highest BCUT2D eigenvalue weighted by Gasteiger charge is 2.38. The first kappa shape index (κ1) is 11.5. The Balaban J connectivity index is 2.07. The summed E-state index contributed by atoms with van der Waals surface area (Å²) in [5, 5.41) is 3.89. The molecular weight excluding hydrogens is 210 g/mol. The van der Waals surface area contributed by atoms with Gasteiger partial charge in [-0.1, -0.05) is 5.16 Å². The third-order valence-corrected chi connectivity index (χ3v) is 2.82. The van der Waals surface area contributed by atoms with Crippen molar-refractivity contribution in [2.75, 3.05) is 20.3 Å². The van der Waals surface area contributed by atoms with Crippen molar-refractivity contribution >= 4 is 0 Å². The summed E-state index contributed by atoms with van der Waals surface area (Å²) < 4.78 is 15.6. The Kier molecular flexibility index (Phi) is 3.22. The zero-order chi connectivity index (χ0) is 11.6. The highest BCUT2D eigenvalue weighted by molar-refractivity contribution is 5.04. The Morgan fingerprint density at radius 3 is 3.06 bits per heavy atom. The average molecular weight is 227 g/mol. The van der Waals surface area contributed by atoms with E-state index in [2.05, 4.69) is 10.1 Å². The summed E-state index contributed by atoms with van der Waals surface area (Å²) in [6, 6.07) is 0. The van der Waals surface area contributed by atoms with Gasteiger partial charge in [-0.15, -0.1) is 0 Å². The minimum atomic E-state index is -0.610. The smallest absolute Gasteiger partial charge is 0.249 e. The minimum absolute atomic E-state index is 0.0685. The maximum atomic E-state index is 6.10. The summed E-state index contributed by atoms with van der Waals surface area (Å²) in [7, 11) is 1.65. The molecule has 1 aliphatic rings. The molecule has 1 fully saturated rings. The molecule has 90 valence electrons. The SMILES string of the molecule is COC(C)Cc1noc(C2(N)CCOC2)n1. The van der Waals surface area contributed by atoms with E-state index in [1.165, 1.54) is 0 Å². The molecule has 2 rings (SSSR count). The van der Waals surface area contributed by atoms with Crippen molar-refractivity contribution < 1.29 is 14.0 Å². The highest BCUT2D eigenvalue weighted by atomic mass is 16.5. The lowest BCUT2D eigenvalue weighted by Gasteiger charge is -2.15.